The highest BCUT2D eigenvalue weighted by Gasteiger charge is 1.94. The van der Waals surface area contributed by atoms with Gasteiger partial charge in [0, 0.05) is 0 Å². The van der Waals surface area contributed by atoms with Gasteiger partial charge < -0.3 is 10.8 Å². The number of amides is 1. The van der Waals surface area contributed by atoms with Crippen LogP contribution in [0, 0.1) is 0 Å². The molecule has 2 aromatic rings. The van der Waals surface area contributed by atoms with Crippen molar-refractivity contribution in [2.45, 2.75) is 6.42 Å². The molecule has 1 amide bonds. The summed E-state index contributed by atoms with van der Waals surface area (Å²) in [5.74, 6) is 0.0358. The van der Waals surface area contributed by atoms with Gasteiger partial charge in [-0.05, 0) is 17.7 Å². The number of hydrogen-bond acceptors (Lipinski definition) is 2. The Morgan fingerprint density at radius 2 is 1.41 bits per heavy atom. The van der Waals surface area contributed by atoms with Crippen LogP contribution in [0.15, 0.2) is 60.7 Å². The zero-order valence-corrected chi connectivity index (χ0v) is 9.41. The highest BCUT2D eigenvalue weighted by Crippen LogP contribution is 2.02. The Morgan fingerprint density at radius 3 is 1.76 bits per heavy atom. The largest absolute Gasteiger partial charge is 0.508 e. The molecule has 0 radical (unpaired) electrons. The molecule has 3 nitrogen and oxygen atoms in total. The molecule has 0 aliphatic carbocycles. The van der Waals surface area contributed by atoms with E-state index in [0.717, 1.165) is 5.56 Å². The number of carbonyl (C=O) groups excluding carboxylic acids is 1. The third-order valence-corrected chi connectivity index (χ3v) is 1.98. The summed E-state index contributed by atoms with van der Waals surface area (Å²) in [6, 6.07) is 18.2. The summed E-state index contributed by atoms with van der Waals surface area (Å²) in [5, 5.41) is 8.63. The second-order valence-electron chi connectivity index (χ2n) is 3.46. The Labute approximate surface area is 101 Å². The molecule has 0 aliphatic heterocycles. The molecule has 0 saturated heterocycles. The first-order valence-electron chi connectivity index (χ1n) is 5.24. The van der Waals surface area contributed by atoms with Crippen molar-refractivity contribution in [3.63, 3.8) is 0 Å². The minimum Gasteiger partial charge on any atom is -0.508 e. The van der Waals surface area contributed by atoms with Crippen molar-refractivity contribution in [1.29, 1.82) is 0 Å². The first-order chi connectivity index (χ1) is 8.18. The van der Waals surface area contributed by atoms with Crippen LogP contribution in [0.2, 0.25) is 0 Å². The number of phenolic OH excluding ortho intramolecular Hbond substituents is 1. The summed E-state index contributed by atoms with van der Waals surface area (Å²) >= 11 is 0. The molecule has 0 aliphatic rings. The molecule has 2 rings (SSSR count). The topological polar surface area (TPSA) is 63.3 Å². The van der Waals surface area contributed by atoms with E-state index >= 15 is 0 Å². The summed E-state index contributed by atoms with van der Waals surface area (Å²) in [7, 11) is 0. The van der Waals surface area contributed by atoms with Gasteiger partial charge in [-0.3, -0.25) is 4.79 Å². The van der Waals surface area contributed by atoms with Crippen molar-refractivity contribution in [2.24, 2.45) is 5.73 Å². The average molecular weight is 229 g/mol. The van der Waals surface area contributed by atoms with E-state index in [1.54, 1.807) is 24.3 Å². The van der Waals surface area contributed by atoms with Gasteiger partial charge in [-0.25, -0.2) is 0 Å². The first kappa shape index (κ1) is 12.8. The SMILES string of the molecule is NC(=O)Cc1ccccc1.Oc1ccccc1. The van der Waals surface area contributed by atoms with Gasteiger partial charge in [-0.2, -0.15) is 0 Å². The monoisotopic (exact) mass is 229 g/mol. The predicted octanol–water partition coefficient (Wildman–Crippen LogP) is 2.11. The van der Waals surface area contributed by atoms with Crippen LogP contribution in [0.25, 0.3) is 0 Å². The van der Waals surface area contributed by atoms with Crippen molar-refractivity contribution in [1.82, 2.24) is 0 Å². The Bertz CT molecular complexity index is 440. The lowest BCUT2D eigenvalue weighted by atomic mass is 10.1. The molecule has 0 saturated carbocycles. The van der Waals surface area contributed by atoms with E-state index in [1.807, 2.05) is 36.4 Å². The van der Waals surface area contributed by atoms with Crippen LogP contribution in [0.1, 0.15) is 5.56 Å². The maximum absolute atomic E-state index is 10.4. The van der Waals surface area contributed by atoms with E-state index in [9.17, 15) is 4.79 Å². The van der Waals surface area contributed by atoms with Crippen molar-refractivity contribution in [3.05, 3.63) is 66.2 Å². The number of phenols is 1. The quantitative estimate of drug-likeness (QED) is 0.828. The maximum atomic E-state index is 10.4. The molecule has 0 atom stereocenters. The fourth-order valence-corrected chi connectivity index (χ4v) is 1.23. The summed E-state index contributed by atoms with van der Waals surface area (Å²) < 4.78 is 0. The normalized spacial score (nSPS) is 8.94. The molecule has 0 spiro atoms. The number of primary amides is 1. The summed E-state index contributed by atoms with van der Waals surface area (Å²) in [6.45, 7) is 0. The summed E-state index contributed by atoms with van der Waals surface area (Å²) in [4.78, 5) is 10.4. The molecule has 88 valence electrons. The highest BCUT2D eigenvalue weighted by molar-refractivity contribution is 5.76. The van der Waals surface area contributed by atoms with Gasteiger partial charge in [0.05, 0.1) is 6.42 Å². The number of nitrogens with two attached hydrogens (primary N) is 1. The molecule has 2 aromatic carbocycles. The molecular weight excluding hydrogens is 214 g/mol. The Morgan fingerprint density at radius 1 is 0.941 bits per heavy atom. The van der Waals surface area contributed by atoms with Crippen LogP contribution in [-0.2, 0) is 11.2 Å². The predicted molar refractivity (Wildman–Crippen MR) is 67.4 cm³/mol. The van der Waals surface area contributed by atoms with Gasteiger partial charge in [0.25, 0.3) is 0 Å². The van der Waals surface area contributed by atoms with Crippen LogP contribution in [0.5, 0.6) is 5.75 Å². The zero-order valence-electron chi connectivity index (χ0n) is 9.41. The zero-order chi connectivity index (χ0) is 12.5. The van der Waals surface area contributed by atoms with Gasteiger partial charge in [0.1, 0.15) is 5.75 Å². The van der Waals surface area contributed by atoms with Gasteiger partial charge in [-0.1, -0.05) is 48.5 Å². The molecule has 0 heterocycles. The number of para-hydroxylation sites is 1. The van der Waals surface area contributed by atoms with Gasteiger partial charge in [0.15, 0.2) is 0 Å². The molecule has 3 heteroatoms. The lowest BCUT2D eigenvalue weighted by Crippen LogP contribution is -2.13. The first-order valence-corrected chi connectivity index (χ1v) is 5.24. The lowest BCUT2D eigenvalue weighted by molar-refractivity contribution is -0.117. The molecular formula is C14H15NO2. The van der Waals surface area contributed by atoms with Crippen LogP contribution in [0.4, 0.5) is 0 Å². The third-order valence-electron chi connectivity index (χ3n) is 1.98. The van der Waals surface area contributed by atoms with Crippen molar-refractivity contribution >= 4 is 5.91 Å². The van der Waals surface area contributed by atoms with Crippen LogP contribution < -0.4 is 5.73 Å². The van der Waals surface area contributed by atoms with E-state index in [1.165, 1.54) is 0 Å². The van der Waals surface area contributed by atoms with Crippen molar-refractivity contribution in [3.8, 4) is 5.75 Å². The Hall–Kier alpha value is -2.29. The number of aromatic hydroxyl groups is 1. The van der Waals surface area contributed by atoms with Crippen LogP contribution in [-0.4, -0.2) is 11.0 Å². The van der Waals surface area contributed by atoms with Crippen molar-refractivity contribution in [2.75, 3.05) is 0 Å². The van der Waals surface area contributed by atoms with E-state index < -0.39 is 0 Å². The van der Waals surface area contributed by atoms with Gasteiger partial charge in [0.2, 0.25) is 5.91 Å². The van der Waals surface area contributed by atoms with E-state index in [2.05, 4.69) is 0 Å². The smallest absolute Gasteiger partial charge is 0.221 e. The van der Waals surface area contributed by atoms with Crippen molar-refractivity contribution < 1.29 is 9.90 Å². The van der Waals surface area contributed by atoms with Crippen LogP contribution in [0.3, 0.4) is 0 Å². The molecule has 0 aromatic heterocycles. The molecule has 0 bridgehead atoms. The molecule has 0 unspecified atom stereocenters. The lowest BCUT2D eigenvalue weighted by Gasteiger charge is -1.93. The highest BCUT2D eigenvalue weighted by atomic mass is 16.3. The van der Waals surface area contributed by atoms with Gasteiger partial charge in [-0.15, -0.1) is 0 Å². The Balaban J connectivity index is 0.000000181. The summed E-state index contributed by atoms with van der Waals surface area (Å²) in [5.41, 5.74) is 5.95. The maximum Gasteiger partial charge on any atom is 0.221 e. The number of carbonyl (C=O) groups is 1. The fourth-order valence-electron chi connectivity index (χ4n) is 1.23. The number of rotatable bonds is 2. The number of hydrogen-bond donors (Lipinski definition) is 2. The van der Waals surface area contributed by atoms with E-state index in [0.29, 0.717) is 12.2 Å². The third kappa shape index (κ3) is 5.99. The van der Waals surface area contributed by atoms with E-state index in [4.69, 9.17) is 10.8 Å². The standard InChI is InChI=1S/C8H9NO.C6H6O/c9-8(10)6-7-4-2-1-3-5-7;7-6-4-2-1-3-5-6/h1-5H,6H2,(H2,9,10);1-5,7H. The second kappa shape index (κ2) is 7.06. The minimum absolute atomic E-state index is 0.286. The number of benzene rings is 2. The molecule has 0 fully saturated rings. The molecule has 17 heavy (non-hydrogen) atoms. The second-order valence-corrected chi connectivity index (χ2v) is 3.46. The minimum atomic E-state index is -0.286. The summed E-state index contributed by atoms with van der Waals surface area (Å²) in [6.07, 6.45) is 0.334. The average Bonchev–Trinajstić information content (AvgIpc) is 2.31. The van der Waals surface area contributed by atoms with Crippen LogP contribution >= 0.6 is 0 Å². The Kier molecular flexibility index (Phi) is 5.31. The fraction of sp³-hybridized carbons (Fsp3) is 0.0714. The van der Waals surface area contributed by atoms with E-state index in [-0.39, 0.29) is 5.91 Å². The molecule has 3 N–H and O–H groups in total. The van der Waals surface area contributed by atoms with Gasteiger partial charge >= 0.3 is 0 Å².